The highest BCUT2D eigenvalue weighted by Gasteiger charge is 2.30. The summed E-state index contributed by atoms with van der Waals surface area (Å²) < 4.78 is 26.2. The molecule has 2 aromatic carbocycles. The van der Waals surface area contributed by atoms with Crippen molar-refractivity contribution in [3.8, 4) is 0 Å². The number of nitrogens with one attached hydrogen (secondary N) is 1. The van der Waals surface area contributed by atoms with Gasteiger partial charge >= 0.3 is 0 Å². The Morgan fingerprint density at radius 1 is 1.00 bits per heavy atom. The standard InChI is InChI=1S/C25H35N3O4S/c1-7-20(4)26-25(30)21(5)27(16-22-11-9-8-10-19(22)3)24(29)17-28(33(6,31)32)23-14-12-18(2)13-15-23/h8-15,20-21H,7,16-17H2,1-6H3,(H,26,30)/t20-,21-/m0/s1. The largest absolute Gasteiger partial charge is 0.352 e. The smallest absolute Gasteiger partial charge is 0.244 e. The Hall–Kier alpha value is -2.87. The maximum Gasteiger partial charge on any atom is 0.244 e. The van der Waals surface area contributed by atoms with Crippen LogP contribution in [0.3, 0.4) is 0 Å². The highest BCUT2D eigenvalue weighted by molar-refractivity contribution is 7.92. The van der Waals surface area contributed by atoms with E-state index in [1.54, 1.807) is 31.2 Å². The molecule has 0 aromatic heterocycles. The quantitative estimate of drug-likeness (QED) is 0.573. The van der Waals surface area contributed by atoms with Gasteiger partial charge in [0.2, 0.25) is 21.8 Å². The lowest BCUT2D eigenvalue weighted by Crippen LogP contribution is -2.52. The third-order valence-corrected chi connectivity index (χ3v) is 6.91. The van der Waals surface area contributed by atoms with E-state index in [-0.39, 0.29) is 18.5 Å². The summed E-state index contributed by atoms with van der Waals surface area (Å²) in [5, 5.41) is 2.92. The Labute approximate surface area is 197 Å². The van der Waals surface area contributed by atoms with Crippen molar-refractivity contribution in [2.75, 3.05) is 17.1 Å². The first kappa shape index (κ1) is 26.4. The summed E-state index contributed by atoms with van der Waals surface area (Å²) in [5.74, 6) is -0.719. The Kier molecular flexibility index (Phi) is 9.05. The van der Waals surface area contributed by atoms with E-state index >= 15 is 0 Å². The molecule has 2 aromatic rings. The lowest BCUT2D eigenvalue weighted by atomic mass is 10.1. The molecule has 0 saturated heterocycles. The molecule has 33 heavy (non-hydrogen) atoms. The summed E-state index contributed by atoms with van der Waals surface area (Å²) in [7, 11) is -3.72. The van der Waals surface area contributed by atoms with E-state index in [9.17, 15) is 18.0 Å². The van der Waals surface area contributed by atoms with E-state index in [4.69, 9.17) is 0 Å². The van der Waals surface area contributed by atoms with Gasteiger partial charge in [-0.3, -0.25) is 13.9 Å². The van der Waals surface area contributed by atoms with Crippen molar-refractivity contribution in [2.24, 2.45) is 0 Å². The molecule has 0 unspecified atom stereocenters. The molecule has 0 radical (unpaired) electrons. The van der Waals surface area contributed by atoms with Gasteiger partial charge in [0.05, 0.1) is 11.9 Å². The van der Waals surface area contributed by atoms with Gasteiger partial charge < -0.3 is 10.2 Å². The average Bonchev–Trinajstić information content (AvgIpc) is 2.76. The van der Waals surface area contributed by atoms with Crippen molar-refractivity contribution in [3.05, 3.63) is 65.2 Å². The molecule has 180 valence electrons. The number of hydrogen-bond acceptors (Lipinski definition) is 4. The van der Waals surface area contributed by atoms with Gasteiger partial charge in [-0.2, -0.15) is 0 Å². The summed E-state index contributed by atoms with van der Waals surface area (Å²) in [6.07, 6.45) is 1.84. The Bertz CT molecular complexity index is 1070. The van der Waals surface area contributed by atoms with E-state index in [1.165, 1.54) is 4.90 Å². The molecule has 0 spiro atoms. The van der Waals surface area contributed by atoms with Crippen LogP contribution in [0, 0.1) is 13.8 Å². The lowest BCUT2D eigenvalue weighted by Gasteiger charge is -2.32. The predicted octanol–water partition coefficient (Wildman–Crippen LogP) is 3.40. The van der Waals surface area contributed by atoms with Gasteiger partial charge in [0.1, 0.15) is 12.6 Å². The van der Waals surface area contributed by atoms with Crippen LogP contribution in [0.15, 0.2) is 48.5 Å². The Morgan fingerprint density at radius 2 is 1.61 bits per heavy atom. The summed E-state index contributed by atoms with van der Waals surface area (Å²) in [6.45, 7) is 9.20. The fraction of sp³-hybridized carbons (Fsp3) is 0.440. The molecular weight excluding hydrogens is 438 g/mol. The van der Waals surface area contributed by atoms with Crippen molar-refractivity contribution < 1.29 is 18.0 Å². The van der Waals surface area contributed by atoms with Crippen LogP contribution in [0.2, 0.25) is 0 Å². The number of aryl methyl sites for hydroxylation is 2. The number of benzene rings is 2. The van der Waals surface area contributed by atoms with E-state index in [1.807, 2.05) is 52.0 Å². The van der Waals surface area contributed by atoms with Gasteiger partial charge in [-0.1, -0.05) is 48.9 Å². The van der Waals surface area contributed by atoms with Crippen LogP contribution in [-0.4, -0.2) is 50.0 Å². The molecule has 8 heteroatoms. The number of rotatable bonds is 10. The first-order valence-electron chi connectivity index (χ1n) is 11.1. The van der Waals surface area contributed by atoms with E-state index in [0.717, 1.165) is 33.7 Å². The summed E-state index contributed by atoms with van der Waals surface area (Å²) in [6, 6.07) is 13.8. The second kappa shape index (κ2) is 11.3. The first-order valence-corrected chi connectivity index (χ1v) is 13.0. The molecule has 2 amide bonds. The summed E-state index contributed by atoms with van der Waals surface area (Å²) in [4.78, 5) is 27.8. The number of nitrogens with zero attached hydrogens (tertiary/aromatic N) is 2. The van der Waals surface area contributed by atoms with Crippen LogP contribution in [0.5, 0.6) is 0 Å². The number of hydrogen-bond donors (Lipinski definition) is 1. The topological polar surface area (TPSA) is 86.8 Å². The highest BCUT2D eigenvalue weighted by atomic mass is 32.2. The maximum absolute atomic E-state index is 13.5. The molecule has 2 rings (SSSR count). The molecular formula is C25H35N3O4S. The SMILES string of the molecule is CC[C@H](C)NC(=O)[C@H](C)N(Cc1ccccc1C)C(=O)CN(c1ccc(C)cc1)S(C)(=O)=O. The highest BCUT2D eigenvalue weighted by Crippen LogP contribution is 2.20. The Morgan fingerprint density at radius 3 is 2.15 bits per heavy atom. The molecule has 0 aliphatic heterocycles. The average molecular weight is 474 g/mol. The maximum atomic E-state index is 13.5. The predicted molar refractivity (Wildman–Crippen MR) is 132 cm³/mol. The van der Waals surface area contributed by atoms with Gasteiger partial charge in [-0.15, -0.1) is 0 Å². The monoisotopic (exact) mass is 473 g/mol. The van der Waals surface area contributed by atoms with Gasteiger partial charge in [0.15, 0.2) is 0 Å². The number of sulfonamides is 1. The fourth-order valence-electron chi connectivity index (χ4n) is 3.34. The summed E-state index contributed by atoms with van der Waals surface area (Å²) in [5.41, 5.74) is 3.28. The number of anilines is 1. The molecule has 1 N–H and O–H groups in total. The molecule has 0 aliphatic rings. The van der Waals surface area contributed by atoms with Gasteiger partial charge in [-0.05, 0) is 57.4 Å². The molecule has 0 fully saturated rings. The van der Waals surface area contributed by atoms with E-state index in [0.29, 0.717) is 5.69 Å². The number of amides is 2. The lowest BCUT2D eigenvalue weighted by molar-refractivity contribution is -0.139. The summed E-state index contributed by atoms with van der Waals surface area (Å²) >= 11 is 0. The zero-order valence-corrected chi connectivity index (χ0v) is 21.1. The molecule has 0 aliphatic carbocycles. The minimum atomic E-state index is -3.72. The molecule has 0 heterocycles. The first-order chi connectivity index (χ1) is 15.4. The van der Waals surface area contributed by atoms with Crippen LogP contribution in [0.4, 0.5) is 5.69 Å². The second-order valence-electron chi connectivity index (χ2n) is 8.55. The van der Waals surface area contributed by atoms with Crippen LogP contribution in [0.25, 0.3) is 0 Å². The molecule has 7 nitrogen and oxygen atoms in total. The minimum absolute atomic E-state index is 0.0320. The van der Waals surface area contributed by atoms with Gasteiger partial charge in [0.25, 0.3) is 0 Å². The van der Waals surface area contributed by atoms with Crippen LogP contribution in [0.1, 0.15) is 43.9 Å². The zero-order valence-electron chi connectivity index (χ0n) is 20.3. The van der Waals surface area contributed by atoms with Crippen molar-refractivity contribution in [2.45, 2.75) is 59.7 Å². The van der Waals surface area contributed by atoms with Gasteiger partial charge in [-0.25, -0.2) is 8.42 Å². The van der Waals surface area contributed by atoms with Gasteiger partial charge in [0, 0.05) is 12.6 Å². The zero-order chi connectivity index (χ0) is 24.8. The van der Waals surface area contributed by atoms with E-state index < -0.39 is 28.5 Å². The van der Waals surface area contributed by atoms with Crippen LogP contribution in [-0.2, 0) is 26.2 Å². The van der Waals surface area contributed by atoms with Crippen molar-refractivity contribution in [3.63, 3.8) is 0 Å². The van der Waals surface area contributed by atoms with Crippen molar-refractivity contribution in [1.29, 1.82) is 0 Å². The second-order valence-corrected chi connectivity index (χ2v) is 10.5. The van der Waals surface area contributed by atoms with E-state index in [2.05, 4.69) is 5.32 Å². The van der Waals surface area contributed by atoms with Crippen molar-refractivity contribution in [1.82, 2.24) is 10.2 Å². The normalized spacial score (nSPS) is 13.2. The Balaban J connectivity index is 2.39. The fourth-order valence-corrected chi connectivity index (χ4v) is 4.19. The third-order valence-electron chi connectivity index (χ3n) is 5.77. The number of carbonyl (C=O) groups is 2. The van der Waals surface area contributed by atoms with Crippen LogP contribution < -0.4 is 9.62 Å². The minimum Gasteiger partial charge on any atom is -0.352 e. The van der Waals surface area contributed by atoms with Crippen LogP contribution >= 0.6 is 0 Å². The molecule has 0 saturated carbocycles. The molecule has 2 atom stereocenters. The van der Waals surface area contributed by atoms with Crippen molar-refractivity contribution >= 4 is 27.5 Å². The number of carbonyl (C=O) groups excluding carboxylic acids is 2. The molecule has 0 bridgehead atoms. The third kappa shape index (κ3) is 7.32.